The van der Waals surface area contributed by atoms with E-state index in [1.165, 1.54) is 5.56 Å². The minimum absolute atomic E-state index is 0.120. The van der Waals surface area contributed by atoms with Crippen molar-refractivity contribution in [3.8, 4) is 0 Å². The Morgan fingerprint density at radius 1 is 1.56 bits per heavy atom. The minimum Gasteiger partial charge on any atom is -0.345 e. The van der Waals surface area contributed by atoms with E-state index in [4.69, 9.17) is 0 Å². The zero-order valence-electron chi connectivity index (χ0n) is 10.2. The third kappa shape index (κ3) is 3.62. The van der Waals surface area contributed by atoms with Crippen molar-refractivity contribution in [1.29, 1.82) is 0 Å². The van der Waals surface area contributed by atoms with Crippen molar-refractivity contribution < 1.29 is 4.79 Å². The second kappa shape index (κ2) is 6.23. The van der Waals surface area contributed by atoms with Gasteiger partial charge in [0.15, 0.2) is 0 Å². The highest BCUT2D eigenvalue weighted by Crippen LogP contribution is 2.03. The van der Waals surface area contributed by atoms with Crippen LogP contribution in [-0.2, 0) is 11.3 Å². The summed E-state index contributed by atoms with van der Waals surface area (Å²) in [5.74, 6) is 0.120. The third-order valence-corrected chi connectivity index (χ3v) is 2.63. The quantitative estimate of drug-likeness (QED) is 0.805. The second-order valence-corrected chi connectivity index (χ2v) is 3.81. The molecule has 0 bridgehead atoms. The Labute approximate surface area is 96.7 Å². The van der Waals surface area contributed by atoms with Gasteiger partial charge in [-0.3, -0.25) is 9.78 Å². The maximum Gasteiger partial charge on any atom is 0.236 e. The van der Waals surface area contributed by atoms with E-state index in [2.05, 4.69) is 10.3 Å². The van der Waals surface area contributed by atoms with Crippen molar-refractivity contribution in [3.05, 3.63) is 29.6 Å². The molecule has 1 amide bonds. The molecule has 0 saturated carbocycles. The summed E-state index contributed by atoms with van der Waals surface area (Å²) in [5, 5.41) is 3.14. The van der Waals surface area contributed by atoms with Crippen LogP contribution in [0.1, 0.15) is 18.1 Å². The molecule has 1 heterocycles. The van der Waals surface area contributed by atoms with E-state index in [0.717, 1.165) is 12.1 Å². The van der Waals surface area contributed by atoms with E-state index in [0.29, 0.717) is 13.1 Å². The number of carbonyl (C=O) groups excluding carboxylic acids is 1. The van der Waals surface area contributed by atoms with Crippen LogP contribution in [0.2, 0.25) is 0 Å². The molecule has 1 rings (SSSR count). The first-order valence-electron chi connectivity index (χ1n) is 5.49. The molecular weight excluding hydrogens is 202 g/mol. The van der Waals surface area contributed by atoms with Crippen molar-refractivity contribution >= 4 is 5.91 Å². The van der Waals surface area contributed by atoms with Crippen LogP contribution < -0.4 is 5.32 Å². The van der Waals surface area contributed by atoms with Gasteiger partial charge in [0.2, 0.25) is 5.91 Å². The van der Waals surface area contributed by atoms with Crippen molar-refractivity contribution in [2.45, 2.75) is 20.4 Å². The number of carbonyl (C=O) groups is 1. The summed E-state index contributed by atoms with van der Waals surface area (Å²) in [6.45, 7) is 5.81. The Kier molecular flexibility index (Phi) is 4.92. The summed E-state index contributed by atoms with van der Waals surface area (Å²) in [6, 6.07) is 1.97. The second-order valence-electron chi connectivity index (χ2n) is 3.81. The Balaban J connectivity index is 2.36. The van der Waals surface area contributed by atoms with E-state index < -0.39 is 0 Å². The molecule has 4 heteroatoms. The Hall–Kier alpha value is -1.42. The Morgan fingerprint density at radius 2 is 2.31 bits per heavy atom. The van der Waals surface area contributed by atoms with Gasteiger partial charge in [-0.25, -0.2) is 0 Å². The van der Waals surface area contributed by atoms with Gasteiger partial charge >= 0.3 is 0 Å². The zero-order chi connectivity index (χ0) is 12.0. The molecule has 0 aliphatic carbocycles. The van der Waals surface area contributed by atoms with Gasteiger partial charge in [-0.2, -0.15) is 0 Å². The smallest absolute Gasteiger partial charge is 0.236 e. The van der Waals surface area contributed by atoms with Gasteiger partial charge in [-0.05, 0) is 31.0 Å². The third-order valence-electron chi connectivity index (χ3n) is 2.63. The van der Waals surface area contributed by atoms with Crippen LogP contribution >= 0.6 is 0 Å². The monoisotopic (exact) mass is 221 g/mol. The zero-order valence-corrected chi connectivity index (χ0v) is 10.2. The molecule has 0 aromatic carbocycles. The molecule has 4 nitrogen and oxygen atoms in total. The number of rotatable bonds is 5. The van der Waals surface area contributed by atoms with Gasteiger partial charge in [0, 0.05) is 32.5 Å². The number of hydrogen-bond acceptors (Lipinski definition) is 3. The molecule has 0 unspecified atom stereocenters. The van der Waals surface area contributed by atoms with E-state index in [1.54, 1.807) is 11.1 Å². The predicted molar refractivity (Wildman–Crippen MR) is 64.0 cm³/mol. The highest BCUT2D eigenvalue weighted by molar-refractivity contribution is 5.77. The summed E-state index contributed by atoms with van der Waals surface area (Å²) in [5.41, 5.74) is 2.33. The van der Waals surface area contributed by atoms with E-state index in [-0.39, 0.29) is 5.91 Å². The average Bonchev–Trinajstić information content (AvgIpc) is 2.30. The van der Waals surface area contributed by atoms with E-state index >= 15 is 0 Å². The molecule has 0 saturated heterocycles. The first kappa shape index (κ1) is 12.6. The van der Waals surface area contributed by atoms with Crippen molar-refractivity contribution in [1.82, 2.24) is 15.2 Å². The normalized spacial score (nSPS) is 10.2. The molecule has 88 valence electrons. The number of nitrogens with zero attached hydrogens (tertiary/aromatic N) is 2. The largest absolute Gasteiger partial charge is 0.345 e. The first-order valence-corrected chi connectivity index (χ1v) is 5.49. The summed E-state index contributed by atoms with van der Waals surface area (Å²) in [7, 11) is 1.81. The van der Waals surface area contributed by atoms with Crippen LogP contribution in [-0.4, -0.2) is 35.9 Å². The molecule has 1 aromatic rings. The van der Waals surface area contributed by atoms with E-state index in [9.17, 15) is 4.79 Å². The van der Waals surface area contributed by atoms with Crippen molar-refractivity contribution in [2.75, 3.05) is 20.1 Å². The summed E-state index contributed by atoms with van der Waals surface area (Å²) in [4.78, 5) is 17.2. The fraction of sp³-hybridized carbons (Fsp3) is 0.500. The SMILES string of the molecule is CCN(C)C(=O)CNCc1ccncc1C. The molecular formula is C12H19N3O. The van der Waals surface area contributed by atoms with Crippen LogP contribution in [0, 0.1) is 6.92 Å². The number of aryl methyl sites for hydroxylation is 1. The lowest BCUT2D eigenvalue weighted by Crippen LogP contribution is -2.35. The highest BCUT2D eigenvalue weighted by Gasteiger charge is 2.05. The average molecular weight is 221 g/mol. The van der Waals surface area contributed by atoms with Crippen LogP contribution in [0.25, 0.3) is 0 Å². The number of aromatic nitrogens is 1. The lowest BCUT2D eigenvalue weighted by molar-refractivity contribution is -0.128. The molecule has 0 atom stereocenters. The van der Waals surface area contributed by atoms with Crippen molar-refractivity contribution in [2.24, 2.45) is 0 Å². The standard InChI is InChI=1S/C12H19N3O/c1-4-15(3)12(16)9-14-8-11-5-6-13-7-10(11)2/h5-7,14H,4,8-9H2,1-3H3. The summed E-state index contributed by atoms with van der Waals surface area (Å²) < 4.78 is 0. The van der Waals surface area contributed by atoms with Gasteiger partial charge in [-0.15, -0.1) is 0 Å². The molecule has 0 spiro atoms. The molecule has 1 aromatic heterocycles. The Morgan fingerprint density at radius 3 is 2.94 bits per heavy atom. The molecule has 0 radical (unpaired) electrons. The number of nitrogens with one attached hydrogen (secondary N) is 1. The Bertz CT molecular complexity index is 352. The van der Waals surface area contributed by atoms with Gasteiger partial charge in [-0.1, -0.05) is 0 Å². The minimum atomic E-state index is 0.120. The first-order chi connectivity index (χ1) is 7.65. The maximum absolute atomic E-state index is 11.5. The van der Waals surface area contributed by atoms with Gasteiger partial charge in [0.1, 0.15) is 0 Å². The number of likely N-dealkylation sites (N-methyl/N-ethyl adjacent to an activating group) is 1. The lowest BCUT2D eigenvalue weighted by atomic mass is 10.1. The number of pyridine rings is 1. The molecule has 16 heavy (non-hydrogen) atoms. The van der Waals surface area contributed by atoms with Crippen LogP contribution in [0.4, 0.5) is 0 Å². The lowest BCUT2D eigenvalue weighted by Gasteiger charge is -2.15. The van der Waals surface area contributed by atoms with Gasteiger partial charge < -0.3 is 10.2 Å². The summed E-state index contributed by atoms with van der Waals surface area (Å²) >= 11 is 0. The molecule has 0 fully saturated rings. The molecule has 1 N–H and O–H groups in total. The number of hydrogen-bond donors (Lipinski definition) is 1. The predicted octanol–water partition coefficient (Wildman–Crippen LogP) is 0.958. The fourth-order valence-electron chi connectivity index (χ4n) is 1.32. The molecule has 0 aliphatic heterocycles. The van der Waals surface area contributed by atoms with E-state index in [1.807, 2.05) is 33.2 Å². The fourth-order valence-corrected chi connectivity index (χ4v) is 1.32. The van der Waals surface area contributed by atoms with Crippen LogP contribution in [0.3, 0.4) is 0 Å². The number of amides is 1. The molecule has 0 aliphatic rings. The highest BCUT2D eigenvalue weighted by atomic mass is 16.2. The van der Waals surface area contributed by atoms with Crippen LogP contribution in [0.15, 0.2) is 18.5 Å². The van der Waals surface area contributed by atoms with Crippen molar-refractivity contribution in [3.63, 3.8) is 0 Å². The van der Waals surface area contributed by atoms with Gasteiger partial charge in [0.25, 0.3) is 0 Å². The van der Waals surface area contributed by atoms with Crippen LogP contribution in [0.5, 0.6) is 0 Å². The van der Waals surface area contributed by atoms with Gasteiger partial charge in [0.05, 0.1) is 6.54 Å². The summed E-state index contributed by atoms with van der Waals surface area (Å²) in [6.07, 6.45) is 3.60. The maximum atomic E-state index is 11.5. The topological polar surface area (TPSA) is 45.2 Å².